The van der Waals surface area contributed by atoms with Crippen LogP contribution in [0.25, 0.3) is 0 Å². The van der Waals surface area contributed by atoms with Crippen LogP contribution in [0.15, 0.2) is 30.3 Å². The second kappa shape index (κ2) is 6.43. The Hall–Kier alpha value is -1.51. The van der Waals surface area contributed by atoms with Gasteiger partial charge in [0, 0.05) is 13.1 Å². The van der Waals surface area contributed by atoms with Crippen LogP contribution in [-0.2, 0) is 11.2 Å². The van der Waals surface area contributed by atoms with Gasteiger partial charge >= 0.3 is 6.09 Å². The van der Waals surface area contributed by atoms with Crippen LogP contribution in [0.5, 0.6) is 0 Å². The molecule has 0 radical (unpaired) electrons. The average Bonchev–Trinajstić information content (AvgIpc) is 2.41. The van der Waals surface area contributed by atoms with Gasteiger partial charge < -0.3 is 9.64 Å². The molecule has 3 nitrogen and oxygen atoms in total. The first kappa shape index (κ1) is 12.9. The van der Waals surface area contributed by atoms with Crippen LogP contribution in [0.3, 0.4) is 0 Å². The average molecular weight is 247 g/mol. The molecular formula is C15H21NO2. The van der Waals surface area contributed by atoms with E-state index in [1.54, 1.807) is 0 Å². The summed E-state index contributed by atoms with van der Waals surface area (Å²) in [4.78, 5) is 13.4. The molecule has 18 heavy (non-hydrogen) atoms. The SMILES string of the molecule is CCOC(=O)N1CCC(Cc2ccccc2)CC1. The van der Waals surface area contributed by atoms with Gasteiger partial charge in [-0.25, -0.2) is 4.79 Å². The topological polar surface area (TPSA) is 29.5 Å². The Morgan fingerprint density at radius 1 is 1.28 bits per heavy atom. The summed E-state index contributed by atoms with van der Waals surface area (Å²) in [6, 6.07) is 10.6. The molecule has 0 bridgehead atoms. The van der Waals surface area contributed by atoms with Gasteiger partial charge in [-0.3, -0.25) is 0 Å². The molecule has 1 aromatic carbocycles. The van der Waals surface area contributed by atoms with Gasteiger partial charge in [0.1, 0.15) is 0 Å². The van der Waals surface area contributed by atoms with Gasteiger partial charge in [-0.15, -0.1) is 0 Å². The molecule has 0 N–H and O–H groups in total. The van der Waals surface area contributed by atoms with Crippen LogP contribution in [0.2, 0.25) is 0 Å². The van der Waals surface area contributed by atoms with Crippen LogP contribution in [0.4, 0.5) is 4.79 Å². The van der Waals surface area contributed by atoms with Gasteiger partial charge in [0.05, 0.1) is 6.61 Å². The molecular weight excluding hydrogens is 226 g/mol. The summed E-state index contributed by atoms with van der Waals surface area (Å²) in [6.07, 6.45) is 3.12. The maximum Gasteiger partial charge on any atom is 0.409 e. The fourth-order valence-electron chi connectivity index (χ4n) is 2.48. The third-order valence-corrected chi connectivity index (χ3v) is 3.51. The maximum atomic E-state index is 11.6. The smallest absolute Gasteiger partial charge is 0.409 e. The number of piperidine rings is 1. The molecule has 1 amide bonds. The summed E-state index contributed by atoms with van der Waals surface area (Å²) in [7, 11) is 0. The van der Waals surface area contributed by atoms with Crippen LogP contribution in [0.1, 0.15) is 25.3 Å². The van der Waals surface area contributed by atoms with Crippen molar-refractivity contribution >= 4 is 6.09 Å². The third kappa shape index (κ3) is 3.49. The second-order valence-electron chi connectivity index (χ2n) is 4.82. The summed E-state index contributed by atoms with van der Waals surface area (Å²) in [5.74, 6) is 0.693. The minimum Gasteiger partial charge on any atom is -0.450 e. The van der Waals surface area contributed by atoms with Crippen LogP contribution in [0, 0.1) is 5.92 Å². The fraction of sp³-hybridized carbons (Fsp3) is 0.533. The van der Waals surface area contributed by atoms with Crippen molar-refractivity contribution in [1.82, 2.24) is 4.90 Å². The van der Waals surface area contributed by atoms with Gasteiger partial charge in [-0.05, 0) is 37.7 Å². The van der Waals surface area contributed by atoms with Crippen LogP contribution in [-0.4, -0.2) is 30.7 Å². The largest absolute Gasteiger partial charge is 0.450 e. The van der Waals surface area contributed by atoms with E-state index in [9.17, 15) is 4.79 Å². The zero-order valence-corrected chi connectivity index (χ0v) is 11.0. The van der Waals surface area contributed by atoms with Crippen molar-refractivity contribution in [3.63, 3.8) is 0 Å². The maximum absolute atomic E-state index is 11.6. The molecule has 0 aliphatic carbocycles. The number of ether oxygens (including phenoxy) is 1. The molecule has 0 saturated carbocycles. The standard InChI is InChI=1S/C15H21NO2/c1-2-18-15(17)16-10-8-14(9-11-16)12-13-6-4-3-5-7-13/h3-7,14H,2,8-12H2,1H3. The number of rotatable bonds is 3. The molecule has 0 unspecified atom stereocenters. The van der Waals surface area contributed by atoms with Crippen molar-refractivity contribution in [2.24, 2.45) is 5.92 Å². The molecule has 3 heteroatoms. The quantitative estimate of drug-likeness (QED) is 0.821. The van der Waals surface area contributed by atoms with E-state index in [-0.39, 0.29) is 6.09 Å². The van der Waals surface area contributed by atoms with Crippen molar-refractivity contribution < 1.29 is 9.53 Å². The Morgan fingerprint density at radius 3 is 2.56 bits per heavy atom. The molecule has 98 valence electrons. The first-order chi connectivity index (χ1) is 8.79. The first-order valence-corrected chi connectivity index (χ1v) is 6.75. The highest BCUT2D eigenvalue weighted by atomic mass is 16.6. The van der Waals surface area contributed by atoms with Crippen molar-refractivity contribution in [2.75, 3.05) is 19.7 Å². The van der Waals surface area contributed by atoms with E-state index in [1.807, 2.05) is 17.9 Å². The minimum absolute atomic E-state index is 0.157. The molecule has 1 heterocycles. The van der Waals surface area contributed by atoms with Gasteiger partial charge in [-0.2, -0.15) is 0 Å². The molecule has 1 fully saturated rings. The summed E-state index contributed by atoms with van der Waals surface area (Å²) in [5, 5.41) is 0. The molecule has 1 aromatic rings. The van der Waals surface area contributed by atoms with Gasteiger partial charge in [-0.1, -0.05) is 30.3 Å². The van der Waals surface area contributed by atoms with E-state index in [0.717, 1.165) is 32.4 Å². The Morgan fingerprint density at radius 2 is 1.94 bits per heavy atom. The molecule has 0 aromatic heterocycles. The molecule has 1 aliphatic heterocycles. The number of carbonyl (C=O) groups is 1. The third-order valence-electron chi connectivity index (χ3n) is 3.51. The van der Waals surface area contributed by atoms with Crippen LogP contribution >= 0.6 is 0 Å². The second-order valence-corrected chi connectivity index (χ2v) is 4.82. The number of likely N-dealkylation sites (tertiary alicyclic amines) is 1. The lowest BCUT2D eigenvalue weighted by atomic mass is 9.90. The fourth-order valence-corrected chi connectivity index (χ4v) is 2.48. The summed E-state index contributed by atoms with van der Waals surface area (Å²) >= 11 is 0. The van der Waals surface area contributed by atoms with E-state index in [1.165, 1.54) is 5.56 Å². The van der Waals surface area contributed by atoms with Gasteiger partial charge in [0.2, 0.25) is 0 Å². The molecule has 2 rings (SSSR count). The molecule has 0 spiro atoms. The van der Waals surface area contributed by atoms with E-state index < -0.39 is 0 Å². The highest BCUT2D eigenvalue weighted by Gasteiger charge is 2.23. The Bertz CT molecular complexity index is 369. The van der Waals surface area contributed by atoms with E-state index >= 15 is 0 Å². The lowest BCUT2D eigenvalue weighted by molar-refractivity contribution is 0.0918. The summed E-state index contributed by atoms with van der Waals surface area (Å²) < 4.78 is 5.02. The summed E-state index contributed by atoms with van der Waals surface area (Å²) in [5.41, 5.74) is 1.40. The number of hydrogen-bond donors (Lipinski definition) is 0. The zero-order chi connectivity index (χ0) is 12.8. The van der Waals surface area contributed by atoms with Crippen molar-refractivity contribution in [2.45, 2.75) is 26.2 Å². The Kier molecular flexibility index (Phi) is 4.62. The van der Waals surface area contributed by atoms with E-state index in [2.05, 4.69) is 24.3 Å². The first-order valence-electron chi connectivity index (χ1n) is 6.75. The highest BCUT2D eigenvalue weighted by Crippen LogP contribution is 2.21. The number of carbonyl (C=O) groups excluding carboxylic acids is 1. The predicted octanol–water partition coefficient (Wildman–Crippen LogP) is 3.10. The number of hydrogen-bond acceptors (Lipinski definition) is 2. The number of benzene rings is 1. The highest BCUT2D eigenvalue weighted by molar-refractivity contribution is 5.67. The summed E-state index contributed by atoms with van der Waals surface area (Å²) in [6.45, 7) is 3.97. The predicted molar refractivity (Wildman–Crippen MR) is 71.5 cm³/mol. The molecule has 0 atom stereocenters. The van der Waals surface area contributed by atoms with Crippen molar-refractivity contribution in [3.05, 3.63) is 35.9 Å². The lowest BCUT2D eigenvalue weighted by Gasteiger charge is -2.31. The lowest BCUT2D eigenvalue weighted by Crippen LogP contribution is -2.39. The zero-order valence-electron chi connectivity index (χ0n) is 11.0. The normalized spacial score (nSPS) is 16.6. The van der Waals surface area contributed by atoms with Gasteiger partial charge in [0.25, 0.3) is 0 Å². The minimum atomic E-state index is -0.157. The number of amides is 1. The van der Waals surface area contributed by atoms with Crippen molar-refractivity contribution in [1.29, 1.82) is 0 Å². The van der Waals surface area contributed by atoms with Gasteiger partial charge in [0.15, 0.2) is 0 Å². The van der Waals surface area contributed by atoms with E-state index in [0.29, 0.717) is 12.5 Å². The Balaban J connectivity index is 1.78. The number of nitrogens with zero attached hydrogens (tertiary/aromatic N) is 1. The Labute approximate surface area is 109 Å². The molecule has 1 saturated heterocycles. The molecule has 1 aliphatic rings. The monoisotopic (exact) mass is 247 g/mol. The van der Waals surface area contributed by atoms with Crippen molar-refractivity contribution in [3.8, 4) is 0 Å². The van der Waals surface area contributed by atoms with Crippen LogP contribution < -0.4 is 0 Å². The van der Waals surface area contributed by atoms with E-state index in [4.69, 9.17) is 4.74 Å².